The monoisotopic (exact) mass is 384 g/mol. The zero-order valence-corrected chi connectivity index (χ0v) is 17.2. The molecular formula is C21H32N6O. The van der Waals surface area contributed by atoms with E-state index in [4.69, 9.17) is 0 Å². The van der Waals surface area contributed by atoms with Crippen LogP contribution in [0.15, 0.2) is 47.7 Å². The lowest BCUT2D eigenvalue weighted by Crippen LogP contribution is -2.40. The number of nitrogens with one attached hydrogen (secondary N) is 2. The molecule has 1 aromatic carbocycles. The number of hydrogen-bond acceptors (Lipinski definition) is 3. The number of carbonyl (C=O) groups excluding carboxylic acids is 1. The van der Waals surface area contributed by atoms with Gasteiger partial charge in [0.1, 0.15) is 12.4 Å². The van der Waals surface area contributed by atoms with Crippen LogP contribution < -0.4 is 10.6 Å². The first kappa shape index (κ1) is 21.5. The molecule has 152 valence electrons. The van der Waals surface area contributed by atoms with Crippen molar-refractivity contribution in [2.75, 3.05) is 26.2 Å². The summed E-state index contributed by atoms with van der Waals surface area (Å²) in [5.41, 5.74) is 1.23. The van der Waals surface area contributed by atoms with E-state index >= 15 is 0 Å². The van der Waals surface area contributed by atoms with Gasteiger partial charge in [-0.15, -0.1) is 0 Å². The lowest BCUT2D eigenvalue weighted by molar-refractivity contribution is -0.130. The second-order valence-corrected chi connectivity index (χ2v) is 6.39. The first-order valence-corrected chi connectivity index (χ1v) is 10.0. The van der Waals surface area contributed by atoms with Crippen LogP contribution in [0.25, 0.3) is 0 Å². The number of rotatable bonds is 10. The maximum absolute atomic E-state index is 12.1. The van der Waals surface area contributed by atoms with Crippen LogP contribution in [-0.2, 0) is 17.9 Å². The average Bonchev–Trinajstić information content (AvgIpc) is 3.14. The molecule has 0 unspecified atom stereocenters. The third kappa shape index (κ3) is 6.72. The maximum Gasteiger partial charge on any atom is 0.224 e. The molecule has 7 nitrogen and oxygen atoms in total. The maximum atomic E-state index is 12.1. The molecule has 28 heavy (non-hydrogen) atoms. The summed E-state index contributed by atoms with van der Waals surface area (Å²) in [4.78, 5) is 23.0. The second-order valence-electron chi connectivity index (χ2n) is 6.39. The van der Waals surface area contributed by atoms with Crippen LogP contribution in [0.4, 0.5) is 0 Å². The predicted octanol–water partition coefficient (Wildman–Crippen LogP) is 2.25. The summed E-state index contributed by atoms with van der Waals surface area (Å²) in [5.74, 6) is 1.76. The van der Waals surface area contributed by atoms with Gasteiger partial charge in [-0.2, -0.15) is 0 Å². The fraction of sp³-hybridized carbons (Fsp3) is 0.476. The number of aliphatic imine (C=N–C) groups is 1. The van der Waals surface area contributed by atoms with Gasteiger partial charge in [-0.25, -0.2) is 9.98 Å². The Labute approximate surface area is 167 Å². The van der Waals surface area contributed by atoms with Crippen molar-refractivity contribution < 1.29 is 4.79 Å². The van der Waals surface area contributed by atoms with E-state index in [0.717, 1.165) is 32.0 Å². The zero-order chi connectivity index (χ0) is 20.2. The van der Waals surface area contributed by atoms with Gasteiger partial charge >= 0.3 is 0 Å². The highest BCUT2D eigenvalue weighted by molar-refractivity contribution is 5.81. The lowest BCUT2D eigenvalue weighted by Gasteiger charge is -2.19. The van der Waals surface area contributed by atoms with E-state index in [2.05, 4.69) is 37.3 Å². The quantitative estimate of drug-likeness (QED) is 0.487. The van der Waals surface area contributed by atoms with Crippen molar-refractivity contribution in [2.45, 2.75) is 40.3 Å². The highest BCUT2D eigenvalue weighted by Gasteiger charge is 2.09. The number of hydrogen-bond donors (Lipinski definition) is 2. The molecule has 2 N–H and O–H groups in total. The second kappa shape index (κ2) is 11.8. The highest BCUT2D eigenvalue weighted by Crippen LogP contribution is 2.06. The Morgan fingerprint density at radius 3 is 2.57 bits per heavy atom. The van der Waals surface area contributed by atoms with E-state index in [1.807, 2.05) is 50.1 Å². The van der Waals surface area contributed by atoms with Crippen LogP contribution >= 0.6 is 0 Å². The smallest absolute Gasteiger partial charge is 0.224 e. The summed E-state index contributed by atoms with van der Waals surface area (Å²) in [7, 11) is 0. The fourth-order valence-electron chi connectivity index (χ4n) is 2.93. The van der Waals surface area contributed by atoms with E-state index in [1.165, 1.54) is 5.56 Å². The Morgan fingerprint density at radius 1 is 1.14 bits per heavy atom. The summed E-state index contributed by atoms with van der Waals surface area (Å²) in [6.45, 7) is 10.1. The number of imidazole rings is 1. The minimum atomic E-state index is 0.159. The Balaban J connectivity index is 1.92. The minimum Gasteiger partial charge on any atom is -0.357 e. The molecule has 1 amide bonds. The highest BCUT2D eigenvalue weighted by atomic mass is 16.2. The number of benzene rings is 1. The van der Waals surface area contributed by atoms with Crippen molar-refractivity contribution >= 4 is 11.9 Å². The molecule has 1 heterocycles. The third-order valence-electron chi connectivity index (χ3n) is 4.47. The molecule has 0 spiro atoms. The Hall–Kier alpha value is -2.83. The van der Waals surface area contributed by atoms with Gasteiger partial charge in [-0.1, -0.05) is 30.3 Å². The number of guanidine groups is 1. The first-order valence-electron chi connectivity index (χ1n) is 10.0. The van der Waals surface area contributed by atoms with E-state index in [9.17, 15) is 4.79 Å². The summed E-state index contributed by atoms with van der Waals surface area (Å²) < 4.78 is 2.10. The average molecular weight is 385 g/mol. The van der Waals surface area contributed by atoms with Gasteiger partial charge in [-0.05, 0) is 26.3 Å². The van der Waals surface area contributed by atoms with Crippen LogP contribution in [0.3, 0.4) is 0 Å². The SMILES string of the molecule is CCNC(=NCc1nccn1Cc1ccccc1)NCCC(=O)N(CC)CC. The minimum absolute atomic E-state index is 0.159. The Bertz CT molecular complexity index is 736. The molecule has 0 aliphatic heterocycles. The molecule has 0 aliphatic carbocycles. The fourth-order valence-corrected chi connectivity index (χ4v) is 2.93. The van der Waals surface area contributed by atoms with Crippen molar-refractivity contribution in [1.82, 2.24) is 25.1 Å². The van der Waals surface area contributed by atoms with Gasteiger partial charge in [0.2, 0.25) is 5.91 Å². The third-order valence-corrected chi connectivity index (χ3v) is 4.47. The molecule has 0 radical (unpaired) electrons. The van der Waals surface area contributed by atoms with E-state index in [-0.39, 0.29) is 5.91 Å². The zero-order valence-electron chi connectivity index (χ0n) is 17.2. The summed E-state index contributed by atoms with van der Waals surface area (Å²) in [5, 5.41) is 6.46. The van der Waals surface area contributed by atoms with Gasteiger partial charge in [0, 0.05) is 51.5 Å². The molecule has 2 rings (SSSR count). The van der Waals surface area contributed by atoms with Crippen LogP contribution in [-0.4, -0.2) is 52.5 Å². The molecule has 0 saturated heterocycles. The van der Waals surface area contributed by atoms with Crippen molar-refractivity contribution in [3.05, 3.63) is 54.1 Å². The van der Waals surface area contributed by atoms with E-state index in [1.54, 1.807) is 6.20 Å². The molecule has 0 saturated carbocycles. The van der Waals surface area contributed by atoms with Crippen LogP contribution in [0.5, 0.6) is 0 Å². The van der Waals surface area contributed by atoms with Crippen molar-refractivity contribution in [3.63, 3.8) is 0 Å². The molecule has 1 aromatic heterocycles. The molecule has 0 aliphatic rings. The lowest BCUT2D eigenvalue weighted by atomic mass is 10.2. The molecule has 0 fully saturated rings. The van der Waals surface area contributed by atoms with E-state index < -0.39 is 0 Å². The molecule has 0 atom stereocenters. The number of nitrogens with zero attached hydrogens (tertiary/aromatic N) is 4. The van der Waals surface area contributed by atoms with Gasteiger partial charge in [-0.3, -0.25) is 4.79 Å². The van der Waals surface area contributed by atoms with Crippen molar-refractivity contribution in [2.24, 2.45) is 4.99 Å². The number of carbonyl (C=O) groups is 1. The Morgan fingerprint density at radius 2 is 1.89 bits per heavy atom. The van der Waals surface area contributed by atoms with Crippen LogP contribution in [0, 0.1) is 0 Å². The van der Waals surface area contributed by atoms with E-state index in [0.29, 0.717) is 25.5 Å². The normalized spacial score (nSPS) is 11.3. The van der Waals surface area contributed by atoms with Gasteiger partial charge in [0.15, 0.2) is 5.96 Å². The number of aromatic nitrogens is 2. The molecule has 0 bridgehead atoms. The molecular weight excluding hydrogens is 352 g/mol. The van der Waals surface area contributed by atoms with Crippen LogP contribution in [0.2, 0.25) is 0 Å². The predicted molar refractivity (Wildman–Crippen MR) is 113 cm³/mol. The summed E-state index contributed by atoms with van der Waals surface area (Å²) in [6.07, 6.45) is 4.23. The largest absolute Gasteiger partial charge is 0.357 e. The summed E-state index contributed by atoms with van der Waals surface area (Å²) >= 11 is 0. The van der Waals surface area contributed by atoms with Gasteiger partial charge in [0.25, 0.3) is 0 Å². The number of amides is 1. The standard InChI is InChI=1S/C21H32N6O/c1-4-22-21(24-13-12-20(28)26(5-2)6-3)25-16-19-23-14-15-27(19)17-18-10-8-7-9-11-18/h7-11,14-15H,4-6,12-13,16-17H2,1-3H3,(H2,22,24,25). The van der Waals surface area contributed by atoms with Crippen molar-refractivity contribution in [1.29, 1.82) is 0 Å². The van der Waals surface area contributed by atoms with Gasteiger partial charge in [0.05, 0.1) is 0 Å². The summed E-state index contributed by atoms with van der Waals surface area (Å²) in [6, 6.07) is 10.3. The molecule has 2 aromatic rings. The Kier molecular flexibility index (Phi) is 9.04. The van der Waals surface area contributed by atoms with Crippen molar-refractivity contribution in [3.8, 4) is 0 Å². The van der Waals surface area contributed by atoms with Crippen LogP contribution in [0.1, 0.15) is 38.6 Å². The van der Waals surface area contributed by atoms with Gasteiger partial charge < -0.3 is 20.1 Å². The molecule has 7 heteroatoms. The topological polar surface area (TPSA) is 74.5 Å². The first-order chi connectivity index (χ1) is 13.7.